The SMILES string of the molecule is CCCCCCCCCCCCCCCC(=O)OC[C@H](COP(=O)(O)OC1[C@H](O)[C@H](O)C(O)[C@H](O)[C@H]1O)OC(=O)CCC/C=C\C/C=C\C/C=C\C/C=C\CCC[C@H](C)O. The van der Waals surface area contributed by atoms with Crippen molar-refractivity contribution in [2.24, 2.45) is 0 Å². The minimum Gasteiger partial charge on any atom is -0.462 e. The Morgan fingerprint density at radius 1 is 0.583 bits per heavy atom. The summed E-state index contributed by atoms with van der Waals surface area (Å²) in [6, 6.07) is 0. The van der Waals surface area contributed by atoms with Gasteiger partial charge >= 0.3 is 19.8 Å². The molecule has 0 aromatic heterocycles. The van der Waals surface area contributed by atoms with E-state index in [1.807, 2.05) is 12.2 Å². The van der Waals surface area contributed by atoms with Crippen LogP contribution in [0.15, 0.2) is 48.6 Å². The predicted molar refractivity (Wildman–Crippen MR) is 232 cm³/mol. The lowest BCUT2D eigenvalue weighted by Crippen LogP contribution is -2.64. The van der Waals surface area contributed by atoms with Crippen molar-refractivity contribution in [2.45, 2.75) is 210 Å². The standard InChI is InChI=1S/C45H79O14P/c1-3-4-5-6-7-8-9-13-17-20-23-26-29-32-38(47)56-34-37(35-57-60(54,55)59-45-43(52)41(50)40(49)42(51)44(45)53)58-39(48)33-30-27-24-21-18-15-12-10-11-14-16-19-22-25-28-31-36(2)46/h11-12,14-15,19,21-22,24,36-37,40-46,49-53H,3-10,13,16-18,20,23,25-35H2,1-2H3,(H,54,55)/b14-11-,15-12-,22-19-,24-21-/t36-,37+,40?,41-,42+,43+,44+,45?/m0/s1. The Morgan fingerprint density at radius 2 is 1.02 bits per heavy atom. The van der Waals surface area contributed by atoms with Crippen molar-refractivity contribution in [1.29, 1.82) is 0 Å². The molecule has 14 nitrogen and oxygen atoms in total. The monoisotopic (exact) mass is 875 g/mol. The molecule has 1 rings (SSSR count). The molecule has 0 saturated heterocycles. The summed E-state index contributed by atoms with van der Waals surface area (Å²) in [5.41, 5.74) is 0. The molecule has 1 fully saturated rings. The smallest absolute Gasteiger partial charge is 0.462 e. The van der Waals surface area contributed by atoms with Gasteiger partial charge < -0.3 is 45.0 Å². The Balaban J connectivity index is 2.52. The number of carbonyl (C=O) groups is 2. The molecule has 1 aliphatic carbocycles. The normalized spacial score (nSPS) is 23.1. The molecule has 15 heteroatoms. The van der Waals surface area contributed by atoms with Gasteiger partial charge in [-0.2, -0.15) is 0 Å². The molecule has 60 heavy (non-hydrogen) atoms. The van der Waals surface area contributed by atoms with E-state index in [1.165, 1.54) is 57.8 Å². The van der Waals surface area contributed by atoms with Crippen LogP contribution in [0.3, 0.4) is 0 Å². The first-order chi connectivity index (χ1) is 28.8. The number of phosphoric ester groups is 1. The maximum absolute atomic E-state index is 12.8. The van der Waals surface area contributed by atoms with Crippen molar-refractivity contribution >= 4 is 19.8 Å². The topological polar surface area (TPSA) is 230 Å². The average Bonchev–Trinajstić information content (AvgIpc) is 3.21. The van der Waals surface area contributed by atoms with Crippen LogP contribution in [0.1, 0.15) is 162 Å². The number of esters is 2. The van der Waals surface area contributed by atoms with E-state index < -0.39 is 75.7 Å². The number of phosphoric acid groups is 1. The van der Waals surface area contributed by atoms with E-state index in [0.717, 1.165) is 57.8 Å². The lowest BCUT2D eigenvalue weighted by atomic mass is 9.85. The van der Waals surface area contributed by atoms with Crippen LogP contribution in [0.4, 0.5) is 0 Å². The molecule has 0 bridgehead atoms. The molecule has 0 amide bonds. The van der Waals surface area contributed by atoms with E-state index in [-0.39, 0.29) is 18.9 Å². The van der Waals surface area contributed by atoms with Gasteiger partial charge in [-0.1, -0.05) is 133 Å². The third-order valence-electron chi connectivity index (χ3n) is 10.2. The molecule has 0 aromatic carbocycles. The molecule has 3 unspecified atom stereocenters. The highest BCUT2D eigenvalue weighted by Gasteiger charge is 2.51. The molecule has 9 atom stereocenters. The summed E-state index contributed by atoms with van der Waals surface area (Å²) < 4.78 is 33.4. The van der Waals surface area contributed by atoms with Crippen LogP contribution in [0.2, 0.25) is 0 Å². The van der Waals surface area contributed by atoms with Gasteiger partial charge in [0, 0.05) is 12.8 Å². The number of allylic oxidation sites excluding steroid dienone is 8. The molecule has 0 aliphatic heterocycles. The third-order valence-corrected chi connectivity index (χ3v) is 11.2. The highest BCUT2D eigenvalue weighted by molar-refractivity contribution is 7.47. The van der Waals surface area contributed by atoms with E-state index in [1.54, 1.807) is 6.92 Å². The number of aliphatic hydroxyl groups excluding tert-OH is 6. The van der Waals surface area contributed by atoms with Crippen molar-refractivity contribution in [3.05, 3.63) is 48.6 Å². The third kappa shape index (κ3) is 28.4. The van der Waals surface area contributed by atoms with Gasteiger partial charge in [-0.15, -0.1) is 0 Å². The second kappa shape index (κ2) is 35.3. The number of rotatable bonds is 36. The highest BCUT2D eigenvalue weighted by atomic mass is 31.2. The summed E-state index contributed by atoms with van der Waals surface area (Å²) in [4.78, 5) is 35.6. The van der Waals surface area contributed by atoms with Gasteiger partial charge in [0.05, 0.1) is 12.7 Å². The minimum atomic E-state index is -5.14. The maximum Gasteiger partial charge on any atom is 0.472 e. The quantitative estimate of drug-likeness (QED) is 0.0141. The van der Waals surface area contributed by atoms with Gasteiger partial charge in [0.1, 0.15) is 43.2 Å². The zero-order valence-corrected chi connectivity index (χ0v) is 37.2. The molecule has 0 radical (unpaired) electrons. The van der Waals surface area contributed by atoms with Crippen LogP contribution >= 0.6 is 7.82 Å². The van der Waals surface area contributed by atoms with Crippen LogP contribution in [0.25, 0.3) is 0 Å². The van der Waals surface area contributed by atoms with Crippen LogP contribution in [-0.4, -0.2) is 110 Å². The first-order valence-electron chi connectivity index (χ1n) is 22.5. The Bertz CT molecular complexity index is 1250. The predicted octanol–water partition coefficient (Wildman–Crippen LogP) is 7.36. The molecule has 1 saturated carbocycles. The van der Waals surface area contributed by atoms with Crippen LogP contribution in [0.5, 0.6) is 0 Å². The number of hydrogen-bond donors (Lipinski definition) is 7. The summed E-state index contributed by atoms with van der Waals surface area (Å²) in [7, 11) is -5.14. The van der Waals surface area contributed by atoms with Crippen molar-refractivity contribution in [3.8, 4) is 0 Å². The van der Waals surface area contributed by atoms with Gasteiger partial charge in [0.15, 0.2) is 6.10 Å². The van der Waals surface area contributed by atoms with E-state index in [0.29, 0.717) is 19.3 Å². The second-order valence-corrected chi connectivity index (χ2v) is 17.2. The summed E-state index contributed by atoms with van der Waals surface area (Å²) in [5.74, 6) is -1.18. The Labute approximate surface area is 359 Å². The number of hydrogen-bond acceptors (Lipinski definition) is 13. The number of aliphatic hydroxyl groups is 6. The molecular formula is C45H79O14P. The zero-order chi connectivity index (χ0) is 44.4. The van der Waals surface area contributed by atoms with Crippen LogP contribution in [0, 0.1) is 0 Å². The lowest BCUT2D eigenvalue weighted by Gasteiger charge is -2.41. The summed E-state index contributed by atoms with van der Waals surface area (Å²) in [6.07, 6.45) is 24.5. The zero-order valence-electron chi connectivity index (χ0n) is 36.4. The number of unbranched alkanes of at least 4 members (excludes halogenated alkanes) is 14. The van der Waals surface area contributed by atoms with Crippen molar-refractivity contribution < 1.29 is 68.2 Å². The Hall–Kier alpha value is -2.23. The van der Waals surface area contributed by atoms with E-state index in [2.05, 4.69) is 43.4 Å². The second-order valence-electron chi connectivity index (χ2n) is 15.8. The Morgan fingerprint density at radius 3 is 1.52 bits per heavy atom. The minimum absolute atomic E-state index is 0.00916. The van der Waals surface area contributed by atoms with E-state index >= 15 is 0 Å². The summed E-state index contributed by atoms with van der Waals surface area (Å²) in [6.45, 7) is 2.79. The van der Waals surface area contributed by atoms with Crippen molar-refractivity contribution in [1.82, 2.24) is 0 Å². The Kier molecular flexibility index (Phi) is 32.8. The number of carbonyl (C=O) groups excluding carboxylic acids is 2. The lowest BCUT2D eigenvalue weighted by molar-refractivity contribution is -0.220. The van der Waals surface area contributed by atoms with Gasteiger partial charge in [-0.05, 0) is 64.7 Å². The fourth-order valence-corrected chi connectivity index (χ4v) is 7.51. The van der Waals surface area contributed by atoms with Gasteiger partial charge in [-0.3, -0.25) is 18.6 Å². The molecule has 0 heterocycles. The van der Waals surface area contributed by atoms with Crippen LogP contribution in [-0.2, 0) is 32.7 Å². The fraction of sp³-hybridized carbons (Fsp3) is 0.778. The summed E-state index contributed by atoms with van der Waals surface area (Å²) >= 11 is 0. The van der Waals surface area contributed by atoms with Gasteiger partial charge in [0.25, 0.3) is 0 Å². The molecule has 7 N–H and O–H groups in total. The van der Waals surface area contributed by atoms with Crippen molar-refractivity contribution in [3.63, 3.8) is 0 Å². The van der Waals surface area contributed by atoms with E-state index in [9.17, 15) is 49.7 Å². The molecule has 1 aliphatic rings. The van der Waals surface area contributed by atoms with Gasteiger partial charge in [-0.25, -0.2) is 4.57 Å². The van der Waals surface area contributed by atoms with E-state index in [4.69, 9.17) is 18.5 Å². The van der Waals surface area contributed by atoms with Gasteiger partial charge in [0.2, 0.25) is 0 Å². The first kappa shape index (κ1) is 55.8. The fourth-order valence-electron chi connectivity index (χ4n) is 6.53. The molecule has 0 spiro atoms. The van der Waals surface area contributed by atoms with Crippen molar-refractivity contribution in [2.75, 3.05) is 13.2 Å². The maximum atomic E-state index is 12.8. The largest absolute Gasteiger partial charge is 0.472 e. The summed E-state index contributed by atoms with van der Waals surface area (Å²) in [5, 5.41) is 59.4. The number of ether oxygens (including phenoxy) is 2. The highest BCUT2D eigenvalue weighted by Crippen LogP contribution is 2.47. The van der Waals surface area contributed by atoms with Crippen LogP contribution < -0.4 is 0 Å². The first-order valence-corrected chi connectivity index (χ1v) is 24.0. The molecule has 0 aromatic rings. The average molecular weight is 875 g/mol. The molecule has 348 valence electrons. The molecular weight excluding hydrogens is 795 g/mol.